The van der Waals surface area contributed by atoms with Crippen molar-refractivity contribution in [1.29, 1.82) is 0 Å². The molecule has 4 nitrogen and oxygen atoms in total. The van der Waals surface area contributed by atoms with E-state index in [0.29, 0.717) is 11.1 Å². The van der Waals surface area contributed by atoms with Crippen LogP contribution in [0.2, 0.25) is 0 Å². The van der Waals surface area contributed by atoms with Crippen LogP contribution < -0.4 is 0 Å². The first-order chi connectivity index (χ1) is 14.6. The smallest absolute Gasteiger partial charge is 0.339 e. The molecule has 146 valence electrons. The molecular weight excluding hydrogens is 374 g/mol. The van der Waals surface area contributed by atoms with E-state index in [9.17, 15) is 9.59 Å². The highest BCUT2D eigenvalue weighted by atomic mass is 16.5. The molecule has 5 rings (SSSR count). The summed E-state index contributed by atoms with van der Waals surface area (Å²) in [6.07, 6.45) is 0.814. The Labute approximate surface area is 174 Å². The number of benzene rings is 3. The quantitative estimate of drug-likeness (QED) is 0.313. The lowest BCUT2D eigenvalue weighted by Crippen LogP contribution is -2.15. The summed E-state index contributed by atoms with van der Waals surface area (Å²) in [4.78, 5) is 29.8. The number of esters is 1. The minimum atomic E-state index is -0.515. The predicted octanol–water partition coefficient (Wildman–Crippen LogP) is 5.15. The van der Waals surface area contributed by atoms with Gasteiger partial charge < -0.3 is 4.74 Å². The number of hydrogen-bond acceptors (Lipinski definition) is 4. The van der Waals surface area contributed by atoms with Gasteiger partial charge in [-0.3, -0.25) is 9.78 Å². The third kappa shape index (κ3) is 3.16. The summed E-state index contributed by atoms with van der Waals surface area (Å²) < 4.78 is 5.37. The van der Waals surface area contributed by atoms with Crippen molar-refractivity contribution < 1.29 is 14.3 Å². The molecule has 4 aromatic rings. The maximum atomic E-state index is 12.7. The summed E-state index contributed by atoms with van der Waals surface area (Å²) in [6.45, 7) is 1.54. The van der Waals surface area contributed by atoms with E-state index in [4.69, 9.17) is 4.74 Å². The van der Waals surface area contributed by atoms with Gasteiger partial charge in [-0.15, -0.1) is 0 Å². The zero-order valence-electron chi connectivity index (χ0n) is 16.5. The van der Waals surface area contributed by atoms with Gasteiger partial charge in [0, 0.05) is 16.6 Å². The lowest BCUT2D eigenvalue weighted by molar-refractivity contribution is 0.0476. The molecule has 1 aromatic heterocycles. The fraction of sp³-hybridized carbons (Fsp3) is 0.115. The van der Waals surface area contributed by atoms with Gasteiger partial charge in [-0.05, 0) is 53.8 Å². The minimum absolute atomic E-state index is 0.211. The number of carbonyl (C=O) groups is 2. The molecular formula is C26H19NO3. The molecule has 0 spiro atoms. The lowest BCUT2D eigenvalue weighted by Gasteiger charge is -2.09. The van der Waals surface area contributed by atoms with Crippen LogP contribution in [0.25, 0.3) is 22.0 Å². The van der Waals surface area contributed by atoms with Gasteiger partial charge in [-0.25, -0.2) is 4.79 Å². The Morgan fingerprint density at radius 2 is 1.67 bits per heavy atom. The van der Waals surface area contributed by atoms with E-state index in [-0.39, 0.29) is 12.4 Å². The Bertz CT molecular complexity index is 1320. The molecule has 0 fully saturated rings. The van der Waals surface area contributed by atoms with Crippen LogP contribution in [0, 0.1) is 6.92 Å². The number of ether oxygens (including phenoxy) is 1. The van der Waals surface area contributed by atoms with E-state index in [1.807, 2.05) is 61.5 Å². The fourth-order valence-electron chi connectivity index (χ4n) is 4.09. The highest BCUT2D eigenvalue weighted by molar-refractivity contribution is 6.05. The standard InChI is InChI=1S/C26H19NO3/c1-16-12-23(22-8-4-5-9-24(22)27-16)26(29)30-15-25(28)18-10-11-21-19(14-18)13-17-6-2-3-7-20(17)21/h2-12,14H,13,15H2,1H3. The van der Waals surface area contributed by atoms with Crippen molar-refractivity contribution in [3.8, 4) is 11.1 Å². The van der Waals surface area contributed by atoms with Gasteiger partial charge in [0.05, 0.1) is 11.1 Å². The van der Waals surface area contributed by atoms with Crippen LogP contribution in [0.5, 0.6) is 0 Å². The lowest BCUT2D eigenvalue weighted by atomic mass is 10.0. The Balaban J connectivity index is 1.34. The Hall–Kier alpha value is -3.79. The maximum Gasteiger partial charge on any atom is 0.339 e. The van der Waals surface area contributed by atoms with Crippen LogP contribution in [0.15, 0.2) is 72.8 Å². The predicted molar refractivity (Wildman–Crippen MR) is 116 cm³/mol. The molecule has 30 heavy (non-hydrogen) atoms. The molecule has 3 aromatic carbocycles. The van der Waals surface area contributed by atoms with E-state index in [0.717, 1.165) is 34.1 Å². The number of rotatable bonds is 4. The first-order valence-corrected chi connectivity index (χ1v) is 9.88. The van der Waals surface area contributed by atoms with Crippen molar-refractivity contribution in [3.63, 3.8) is 0 Å². The minimum Gasteiger partial charge on any atom is -0.454 e. The van der Waals surface area contributed by atoms with Crippen molar-refractivity contribution in [2.45, 2.75) is 13.3 Å². The van der Waals surface area contributed by atoms with Crippen molar-refractivity contribution in [2.24, 2.45) is 0 Å². The summed E-state index contributed by atoms with van der Waals surface area (Å²) in [6, 6.07) is 23.1. The van der Waals surface area contributed by atoms with Crippen LogP contribution in [0.4, 0.5) is 0 Å². The van der Waals surface area contributed by atoms with E-state index in [1.54, 1.807) is 6.07 Å². The molecule has 0 saturated heterocycles. The molecule has 1 heterocycles. The topological polar surface area (TPSA) is 56.3 Å². The zero-order valence-corrected chi connectivity index (χ0v) is 16.5. The van der Waals surface area contributed by atoms with Gasteiger partial charge in [-0.1, -0.05) is 54.6 Å². The average molecular weight is 393 g/mol. The Morgan fingerprint density at radius 1 is 0.900 bits per heavy atom. The molecule has 4 heteroatoms. The van der Waals surface area contributed by atoms with Gasteiger partial charge >= 0.3 is 5.97 Å². The molecule has 0 N–H and O–H groups in total. The maximum absolute atomic E-state index is 12.7. The monoisotopic (exact) mass is 393 g/mol. The number of hydrogen-bond donors (Lipinski definition) is 0. The largest absolute Gasteiger partial charge is 0.454 e. The molecule has 0 unspecified atom stereocenters. The van der Waals surface area contributed by atoms with Crippen molar-refractivity contribution in [2.75, 3.05) is 6.61 Å². The van der Waals surface area contributed by atoms with Crippen molar-refractivity contribution in [1.82, 2.24) is 4.98 Å². The van der Waals surface area contributed by atoms with E-state index in [2.05, 4.69) is 17.1 Å². The molecule has 1 aliphatic rings. The van der Waals surface area contributed by atoms with Gasteiger partial charge in [0.15, 0.2) is 12.4 Å². The number of fused-ring (bicyclic) bond motifs is 4. The van der Waals surface area contributed by atoms with Gasteiger partial charge in [0.1, 0.15) is 0 Å². The van der Waals surface area contributed by atoms with E-state index < -0.39 is 5.97 Å². The van der Waals surface area contributed by atoms with E-state index in [1.165, 1.54) is 11.1 Å². The number of ketones is 1. The molecule has 0 atom stereocenters. The van der Waals surface area contributed by atoms with Crippen LogP contribution in [-0.4, -0.2) is 23.3 Å². The molecule has 1 aliphatic carbocycles. The van der Waals surface area contributed by atoms with Crippen LogP contribution in [-0.2, 0) is 11.2 Å². The van der Waals surface area contributed by atoms with Gasteiger partial charge in [0.25, 0.3) is 0 Å². The molecule has 0 radical (unpaired) electrons. The van der Waals surface area contributed by atoms with Crippen LogP contribution >= 0.6 is 0 Å². The average Bonchev–Trinajstić information content (AvgIpc) is 3.14. The summed E-state index contributed by atoms with van der Waals surface area (Å²) in [7, 11) is 0. The number of aryl methyl sites for hydroxylation is 1. The first kappa shape index (κ1) is 18.3. The molecule has 0 aliphatic heterocycles. The number of nitrogens with zero attached hydrogens (tertiary/aromatic N) is 1. The van der Waals surface area contributed by atoms with Crippen molar-refractivity contribution >= 4 is 22.7 Å². The molecule has 0 bridgehead atoms. The summed E-state index contributed by atoms with van der Waals surface area (Å²) in [5, 5.41) is 0.718. The Kier molecular flexibility index (Phi) is 4.40. The first-order valence-electron chi connectivity index (χ1n) is 9.88. The van der Waals surface area contributed by atoms with Crippen molar-refractivity contribution in [3.05, 3.63) is 101 Å². The van der Waals surface area contributed by atoms with Crippen LogP contribution in [0.1, 0.15) is 37.5 Å². The molecule has 0 amide bonds. The Morgan fingerprint density at radius 3 is 2.57 bits per heavy atom. The van der Waals surface area contributed by atoms with Crippen LogP contribution in [0.3, 0.4) is 0 Å². The second kappa shape index (κ2) is 7.23. The van der Waals surface area contributed by atoms with Gasteiger partial charge in [-0.2, -0.15) is 0 Å². The number of para-hydroxylation sites is 1. The highest BCUT2D eigenvalue weighted by Gasteiger charge is 2.20. The fourth-order valence-corrected chi connectivity index (χ4v) is 4.09. The molecule has 0 saturated carbocycles. The SMILES string of the molecule is Cc1cc(C(=O)OCC(=O)c2ccc3c(c2)Cc2ccccc2-3)c2ccccc2n1. The number of carbonyl (C=O) groups excluding carboxylic acids is 2. The summed E-state index contributed by atoms with van der Waals surface area (Å²) in [5.41, 5.74) is 7.22. The second-order valence-corrected chi connectivity index (χ2v) is 7.53. The second-order valence-electron chi connectivity index (χ2n) is 7.53. The summed E-state index contributed by atoms with van der Waals surface area (Å²) >= 11 is 0. The number of Topliss-reactive ketones (excluding diaryl/α,β-unsaturated/α-hetero) is 1. The number of pyridine rings is 1. The third-order valence-corrected chi connectivity index (χ3v) is 5.51. The summed E-state index contributed by atoms with van der Waals surface area (Å²) in [5.74, 6) is -0.726. The van der Waals surface area contributed by atoms with E-state index >= 15 is 0 Å². The third-order valence-electron chi connectivity index (χ3n) is 5.51. The number of aromatic nitrogens is 1. The zero-order chi connectivity index (χ0) is 20.7. The van der Waals surface area contributed by atoms with Gasteiger partial charge in [0.2, 0.25) is 0 Å². The normalized spacial score (nSPS) is 11.8. The highest BCUT2D eigenvalue weighted by Crippen LogP contribution is 2.36.